The van der Waals surface area contributed by atoms with Gasteiger partial charge in [-0.1, -0.05) is 52.5 Å². The van der Waals surface area contributed by atoms with E-state index in [1.807, 2.05) is 27.7 Å². The fourth-order valence-electron chi connectivity index (χ4n) is 1.39. The summed E-state index contributed by atoms with van der Waals surface area (Å²) in [6.45, 7) is 16.6. The van der Waals surface area contributed by atoms with Crippen LogP contribution in [0.5, 0.6) is 0 Å². The highest BCUT2D eigenvalue weighted by atomic mass is 32.2. The second-order valence-electron chi connectivity index (χ2n) is 4.28. The third-order valence-electron chi connectivity index (χ3n) is 2.52. The average Bonchev–Trinajstić information content (AvgIpc) is 2.57. The summed E-state index contributed by atoms with van der Waals surface area (Å²) in [6, 6.07) is 2.47. The molecule has 0 spiro atoms. The first kappa shape index (κ1) is 24.5. The molecule has 0 aliphatic carbocycles. The van der Waals surface area contributed by atoms with Gasteiger partial charge in [-0.25, -0.2) is 17.2 Å². The molecule has 1 aromatic rings. The van der Waals surface area contributed by atoms with Crippen LogP contribution in [0.15, 0.2) is 54.0 Å². The Balaban J connectivity index is 0. The normalized spacial score (nSPS) is 11.7. The van der Waals surface area contributed by atoms with Crippen molar-refractivity contribution in [1.82, 2.24) is 0 Å². The summed E-state index contributed by atoms with van der Waals surface area (Å²) < 4.78 is 50.9. The van der Waals surface area contributed by atoms with Crippen molar-refractivity contribution in [2.24, 2.45) is 5.73 Å². The number of rotatable bonds is 5. The lowest BCUT2D eigenvalue weighted by Crippen LogP contribution is -2.23. The molecular formula is C18H27F2NO2S. The minimum Gasteiger partial charge on any atom is -0.311 e. The molecule has 0 bridgehead atoms. The monoisotopic (exact) mass is 359 g/mol. The molecular weight excluding hydrogens is 332 g/mol. The minimum absolute atomic E-state index is 0.295. The van der Waals surface area contributed by atoms with Gasteiger partial charge in [0.05, 0.1) is 4.91 Å². The number of halogens is 2. The van der Waals surface area contributed by atoms with Crippen molar-refractivity contribution in [2.45, 2.75) is 40.0 Å². The molecule has 0 aliphatic rings. The van der Waals surface area contributed by atoms with Crippen LogP contribution in [0.4, 0.5) is 8.78 Å². The zero-order valence-corrected chi connectivity index (χ0v) is 15.8. The van der Waals surface area contributed by atoms with Crippen LogP contribution >= 0.6 is 0 Å². The Hall–Kier alpha value is -1.79. The van der Waals surface area contributed by atoms with Crippen LogP contribution in [0.3, 0.4) is 0 Å². The van der Waals surface area contributed by atoms with Gasteiger partial charge in [-0.2, -0.15) is 0 Å². The van der Waals surface area contributed by atoms with Crippen molar-refractivity contribution in [2.75, 3.05) is 0 Å². The number of hydrogen-bond acceptors (Lipinski definition) is 3. The van der Waals surface area contributed by atoms with E-state index in [-0.39, 0.29) is 4.91 Å². The quantitative estimate of drug-likeness (QED) is 0.750. The number of sulfone groups is 1. The first-order valence-corrected chi connectivity index (χ1v) is 9.18. The molecule has 1 aromatic carbocycles. The Morgan fingerprint density at radius 1 is 1.12 bits per heavy atom. The second kappa shape index (κ2) is 11.7. The first-order chi connectivity index (χ1) is 11.2. The number of allylic oxidation sites excluding steroid dienone is 3. The summed E-state index contributed by atoms with van der Waals surface area (Å²) >= 11 is 0. The van der Waals surface area contributed by atoms with Gasteiger partial charge >= 0.3 is 0 Å². The smallest absolute Gasteiger partial charge is 0.197 e. The molecule has 1 unspecified atom stereocenters. The lowest BCUT2D eigenvalue weighted by Gasteiger charge is -2.14. The SMILES string of the molecule is C=C(C)/C=C\C(=C)S(=O)(=O)C(N)c1cc(F)ccc1F.CC.CC. The van der Waals surface area contributed by atoms with Gasteiger partial charge in [-0.05, 0) is 31.2 Å². The van der Waals surface area contributed by atoms with Crippen LogP contribution < -0.4 is 5.73 Å². The maximum atomic E-state index is 13.6. The molecule has 0 aromatic heterocycles. The van der Waals surface area contributed by atoms with Gasteiger partial charge < -0.3 is 5.73 Å². The van der Waals surface area contributed by atoms with Crippen molar-refractivity contribution in [3.63, 3.8) is 0 Å². The molecule has 1 rings (SSSR count). The highest BCUT2D eigenvalue weighted by Gasteiger charge is 2.28. The number of nitrogens with two attached hydrogens (primary N) is 1. The summed E-state index contributed by atoms with van der Waals surface area (Å²) in [6.07, 6.45) is 2.66. The molecule has 0 aliphatic heterocycles. The Morgan fingerprint density at radius 3 is 2.08 bits per heavy atom. The van der Waals surface area contributed by atoms with E-state index < -0.39 is 32.4 Å². The predicted octanol–water partition coefficient (Wildman–Crippen LogP) is 5.04. The Morgan fingerprint density at radius 2 is 1.62 bits per heavy atom. The van der Waals surface area contributed by atoms with E-state index in [1.165, 1.54) is 12.2 Å². The Labute approximate surface area is 144 Å². The Kier molecular flexibility index (Phi) is 11.9. The second-order valence-corrected chi connectivity index (χ2v) is 6.40. The van der Waals surface area contributed by atoms with Crippen molar-refractivity contribution in [3.8, 4) is 0 Å². The number of hydrogen-bond donors (Lipinski definition) is 1. The summed E-state index contributed by atoms with van der Waals surface area (Å²) in [5, 5.41) is -1.72. The van der Waals surface area contributed by atoms with Gasteiger partial charge in [-0.15, -0.1) is 0 Å². The molecule has 1 atom stereocenters. The molecule has 0 amide bonds. The molecule has 2 N–H and O–H groups in total. The van der Waals surface area contributed by atoms with Gasteiger partial charge in [0.2, 0.25) is 0 Å². The highest BCUT2D eigenvalue weighted by molar-refractivity contribution is 7.95. The zero-order valence-electron chi connectivity index (χ0n) is 14.9. The number of benzene rings is 1. The van der Waals surface area contributed by atoms with Crippen molar-refractivity contribution in [1.29, 1.82) is 0 Å². The van der Waals surface area contributed by atoms with Gasteiger partial charge in [0, 0.05) is 5.56 Å². The van der Waals surface area contributed by atoms with Crippen LogP contribution in [0.25, 0.3) is 0 Å². The van der Waals surface area contributed by atoms with Gasteiger partial charge in [-0.3, -0.25) is 0 Å². The van der Waals surface area contributed by atoms with E-state index in [1.54, 1.807) is 6.92 Å². The molecule has 0 saturated heterocycles. The third kappa shape index (κ3) is 7.19. The third-order valence-corrected chi connectivity index (χ3v) is 4.31. The van der Waals surface area contributed by atoms with Crippen molar-refractivity contribution in [3.05, 3.63) is 71.2 Å². The highest BCUT2D eigenvalue weighted by Crippen LogP contribution is 2.26. The van der Waals surface area contributed by atoms with Crippen molar-refractivity contribution >= 4 is 9.84 Å². The topological polar surface area (TPSA) is 60.2 Å². The van der Waals surface area contributed by atoms with Gasteiger partial charge in [0.25, 0.3) is 0 Å². The fourth-order valence-corrected chi connectivity index (χ4v) is 2.49. The first-order valence-electron chi connectivity index (χ1n) is 7.63. The molecule has 24 heavy (non-hydrogen) atoms. The zero-order chi connectivity index (χ0) is 19.5. The van der Waals surface area contributed by atoms with Crippen LogP contribution in [0, 0.1) is 11.6 Å². The maximum absolute atomic E-state index is 13.6. The van der Waals surface area contributed by atoms with E-state index >= 15 is 0 Å². The van der Waals surface area contributed by atoms with E-state index in [9.17, 15) is 17.2 Å². The lowest BCUT2D eigenvalue weighted by molar-refractivity contribution is 0.566. The van der Waals surface area contributed by atoms with E-state index in [0.29, 0.717) is 5.57 Å². The standard InChI is InChI=1S/C14H15F2NO2S.2C2H6/c1-9(2)4-5-10(3)20(18,19)14(17)12-8-11(15)6-7-13(12)16;2*1-2/h4-8,14H,1,3,17H2,2H3;2*1-2H3/b5-4-;;. The van der Waals surface area contributed by atoms with Crippen LogP contribution in [0.1, 0.15) is 45.6 Å². The van der Waals surface area contributed by atoms with Gasteiger partial charge in [0.15, 0.2) is 9.84 Å². The van der Waals surface area contributed by atoms with Crippen LogP contribution in [0.2, 0.25) is 0 Å². The summed E-state index contributed by atoms with van der Waals surface area (Å²) in [5.74, 6) is -1.66. The van der Waals surface area contributed by atoms with E-state index in [2.05, 4.69) is 13.2 Å². The van der Waals surface area contributed by atoms with Crippen molar-refractivity contribution < 1.29 is 17.2 Å². The Bertz CT molecular complexity index is 680. The van der Waals surface area contributed by atoms with E-state index in [0.717, 1.165) is 18.2 Å². The van der Waals surface area contributed by atoms with E-state index in [4.69, 9.17) is 5.73 Å². The molecule has 0 heterocycles. The maximum Gasteiger partial charge on any atom is 0.197 e. The lowest BCUT2D eigenvalue weighted by atomic mass is 10.2. The minimum atomic E-state index is -4.08. The summed E-state index contributed by atoms with van der Waals surface area (Å²) in [7, 11) is -4.08. The summed E-state index contributed by atoms with van der Waals surface area (Å²) in [5.41, 5.74) is 5.72. The predicted molar refractivity (Wildman–Crippen MR) is 98.0 cm³/mol. The molecule has 3 nitrogen and oxygen atoms in total. The molecule has 0 saturated carbocycles. The van der Waals surface area contributed by atoms with Gasteiger partial charge in [0.1, 0.15) is 17.0 Å². The van der Waals surface area contributed by atoms with Crippen LogP contribution in [-0.4, -0.2) is 8.42 Å². The molecule has 136 valence electrons. The van der Waals surface area contributed by atoms with Crippen LogP contribution in [-0.2, 0) is 9.84 Å². The molecule has 6 heteroatoms. The largest absolute Gasteiger partial charge is 0.311 e. The summed E-state index contributed by atoms with van der Waals surface area (Å²) in [4.78, 5) is -0.295. The molecule has 0 fully saturated rings. The average molecular weight is 359 g/mol. The molecule has 0 radical (unpaired) electrons. The fraction of sp³-hybridized carbons (Fsp3) is 0.333.